The van der Waals surface area contributed by atoms with Gasteiger partial charge < -0.3 is 14.6 Å². The minimum atomic E-state index is -0.354. The Hall–Kier alpha value is -0.120. The summed E-state index contributed by atoms with van der Waals surface area (Å²) in [7, 11) is 0. The lowest BCUT2D eigenvalue weighted by atomic mass is 9.71. The van der Waals surface area contributed by atoms with E-state index in [1.54, 1.807) is 0 Å². The van der Waals surface area contributed by atoms with Gasteiger partial charge in [-0.1, -0.05) is 20.8 Å². The van der Waals surface area contributed by atoms with Crippen LogP contribution in [0.1, 0.15) is 46.5 Å². The summed E-state index contributed by atoms with van der Waals surface area (Å²) in [5.41, 5.74) is 0.379. The van der Waals surface area contributed by atoms with E-state index in [2.05, 4.69) is 20.8 Å². The van der Waals surface area contributed by atoms with Gasteiger partial charge in [-0.25, -0.2) is 0 Å². The number of aliphatic hydroxyl groups excluding tert-OH is 1. The third kappa shape index (κ3) is 3.94. The van der Waals surface area contributed by atoms with E-state index in [1.165, 1.54) is 6.42 Å². The van der Waals surface area contributed by atoms with Crippen molar-refractivity contribution < 1.29 is 14.6 Å². The lowest BCUT2D eigenvalue weighted by Crippen LogP contribution is -2.35. The maximum absolute atomic E-state index is 10.1. The van der Waals surface area contributed by atoms with Crippen LogP contribution in [0.5, 0.6) is 0 Å². The van der Waals surface area contributed by atoms with E-state index in [0.29, 0.717) is 24.7 Å². The largest absolute Gasteiger partial charge is 0.390 e. The third-order valence-corrected chi connectivity index (χ3v) is 4.36. The van der Waals surface area contributed by atoms with Gasteiger partial charge in [0.05, 0.1) is 25.4 Å². The Morgan fingerprint density at radius 2 is 2.17 bits per heavy atom. The summed E-state index contributed by atoms with van der Waals surface area (Å²) in [5.74, 6) is 1.00. The zero-order valence-electron chi connectivity index (χ0n) is 12.0. The Labute approximate surface area is 111 Å². The highest BCUT2D eigenvalue weighted by Crippen LogP contribution is 2.39. The Morgan fingerprint density at radius 1 is 1.39 bits per heavy atom. The monoisotopic (exact) mass is 256 g/mol. The van der Waals surface area contributed by atoms with Gasteiger partial charge in [-0.3, -0.25) is 0 Å². The average Bonchev–Trinajstić information content (AvgIpc) is 2.76. The predicted octanol–water partition coefficient (Wildman–Crippen LogP) is 2.62. The highest BCUT2D eigenvalue weighted by atomic mass is 16.5. The van der Waals surface area contributed by atoms with Crippen molar-refractivity contribution in [3.8, 4) is 0 Å². The molecule has 0 amide bonds. The molecule has 0 bridgehead atoms. The van der Waals surface area contributed by atoms with Gasteiger partial charge in [0.1, 0.15) is 0 Å². The van der Waals surface area contributed by atoms with Crippen LogP contribution in [-0.4, -0.2) is 37.1 Å². The van der Waals surface area contributed by atoms with Crippen molar-refractivity contribution in [3.63, 3.8) is 0 Å². The third-order valence-electron chi connectivity index (χ3n) is 4.36. The average molecular weight is 256 g/mol. The molecule has 4 atom stereocenters. The first-order valence-electron chi connectivity index (χ1n) is 7.34. The van der Waals surface area contributed by atoms with Crippen molar-refractivity contribution in [2.24, 2.45) is 17.3 Å². The lowest BCUT2D eigenvalue weighted by molar-refractivity contribution is -0.0686. The van der Waals surface area contributed by atoms with Gasteiger partial charge in [0.25, 0.3) is 0 Å². The number of aliphatic hydroxyl groups is 1. The molecule has 4 unspecified atom stereocenters. The highest BCUT2D eigenvalue weighted by Gasteiger charge is 2.33. The quantitative estimate of drug-likeness (QED) is 0.840. The molecule has 1 N–H and O–H groups in total. The zero-order chi connectivity index (χ0) is 13.2. The molecule has 1 aliphatic heterocycles. The number of hydrogen-bond donors (Lipinski definition) is 1. The number of rotatable bonds is 4. The normalized spacial score (nSPS) is 37.7. The Balaban J connectivity index is 1.75. The molecule has 2 fully saturated rings. The fourth-order valence-electron chi connectivity index (χ4n) is 3.61. The van der Waals surface area contributed by atoms with E-state index < -0.39 is 0 Å². The van der Waals surface area contributed by atoms with E-state index in [-0.39, 0.29) is 12.0 Å². The van der Waals surface area contributed by atoms with E-state index in [1.807, 2.05) is 0 Å². The second-order valence-corrected chi connectivity index (χ2v) is 7.06. The fourth-order valence-corrected chi connectivity index (χ4v) is 3.61. The molecule has 106 valence electrons. The molecule has 2 rings (SSSR count). The maximum atomic E-state index is 10.1. The molecule has 2 aliphatic rings. The molecule has 0 aromatic heterocycles. The summed E-state index contributed by atoms with van der Waals surface area (Å²) in [6, 6.07) is 0. The molecule has 3 heteroatoms. The second-order valence-electron chi connectivity index (χ2n) is 7.06. The van der Waals surface area contributed by atoms with Crippen LogP contribution >= 0.6 is 0 Å². The molecule has 1 saturated heterocycles. The molecule has 1 aliphatic carbocycles. The second kappa shape index (κ2) is 5.89. The van der Waals surface area contributed by atoms with Crippen molar-refractivity contribution in [2.75, 3.05) is 19.8 Å². The Bertz CT molecular complexity index is 258. The summed E-state index contributed by atoms with van der Waals surface area (Å²) in [5, 5.41) is 10.1. The molecule has 18 heavy (non-hydrogen) atoms. The SMILES string of the molecule is CC1CC(OCC(O)C2CCOC2)CC(C)(C)C1. The summed E-state index contributed by atoms with van der Waals surface area (Å²) in [4.78, 5) is 0. The fraction of sp³-hybridized carbons (Fsp3) is 1.00. The first-order valence-corrected chi connectivity index (χ1v) is 7.34. The predicted molar refractivity (Wildman–Crippen MR) is 71.5 cm³/mol. The van der Waals surface area contributed by atoms with Gasteiger partial charge in [0, 0.05) is 12.5 Å². The molecule has 1 heterocycles. The summed E-state index contributed by atoms with van der Waals surface area (Å²) in [6.45, 7) is 8.90. The minimum absolute atomic E-state index is 0.277. The van der Waals surface area contributed by atoms with E-state index in [9.17, 15) is 5.11 Å². The molecule has 0 radical (unpaired) electrons. The van der Waals surface area contributed by atoms with Crippen LogP contribution < -0.4 is 0 Å². The molecule has 0 spiro atoms. The van der Waals surface area contributed by atoms with Crippen LogP contribution in [0.25, 0.3) is 0 Å². The van der Waals surface area contributed by atoms with Gasteiger partial charge in [-0.2, -0.15) is 0 Å². The summed E-state index contributed by atoms with van der Waals surface area (Å²) < 4.78 is 11.3. The van der Waals surface area contributed by atoms with Crippen LogP contribution in [0.2, 0.25) is 0 Å². The Kier molecular flexibility index (Phi) is 4.68. The van der Waals surface area contributed by atoms with Crippen LogP contribution in [0.4, 0.5) is 0 Å². The minimum Gasteiger partial charge on any atom is -0.390 e. The summed E-state index contributed by atoms with van der Waals surface area (Å²) >= 11 is 0. The van der Waals surface area contributed by atoms with Gasteiger partial charge >= 0.3 is 0 Å². The number of ether oxygens (including phenoxy) is 2. The number of hydrogen-bond acceptors (Lipinski definition) is 3. The topological polar surface area (TPSA) is 38.7 Å². The van der Waals surface area contributed by atoms with Crippen molar-refractivity contribution in [2.45, 2.75) is 58.7 Å². The van der Waals surface area contributed by atoms with Crippen LogP contribution in [-0.2, 0) is 9.47 Å². The first-order chi connectivity index (χ1) is 8.46. The molecule has 3 nitrogen and oxygen atoms in total. The maximum Gasteiger partial charge on any atom is 0.0824 e. The molecular formula is C15H28O3. The molecule has 0 aromatic rings. The van der Waals surface area contributed by atoms with Crippen molar-refractivity contribution in [3.05, 3.63) is 0 Å². The molecule has 1 saturated carbocycles. The highest BCUT2D eigenvalue weighted by molar-refractivity contribution is 4.84. The molecule has 0 aromatic carbocycles. The van der Waals surface area contributed by atoms with E-state index >= 15 is 0 Å². The first kappa shape index (κ1) is 14.3. The van der Waals surface area contributed by atoms with Crippen molar-refractivity contribution in [1.82, 2.24) is 0 Å². The summed E-state index contributed by atoms with van der Waals surface area (Å²) in [6.07, 6.45) is 4.47. The van der Waals surface area contributed by atoms with E-state index in [4.69, 9.17) is 9.47 Å². The van der Waals surface area contributed by atoms with Crippen LogP contribution in [0.3, 0.4) is 0 Å². The van der Waals surface area contributed by atoms with Crippen LogP contribution in [0.15, 0.2) is 0 Å². The molecular weight excluding hydrogens is 228 g/mol. The standard InChI is InChI=1S/C15H28O3/c1-11-6-13(8-15(2,3)7-11)18-10-14(16)12-4-5-17-9-12/h11-14,16H,4-10H2,1-3H3. The van der Waals surface area contributed by atoms with Gasteiger partial charge in [-0.15, -0.1) is 0 Å². The zero-order valence-corrected chi connectivity index (χ0v) is 12.0. The smallest absolute Gasteiger partial charge is 0.0824 e. The Morgan fingerprint density at radius 3 is 2.78 bits per heavy atom. The van der Waals surface area contributed by atoms with Crippen molar-refractivity contribution >= 4 is 0 Å². The van der Waals surface area contributed by atoms with Crippen LogP contribution in [0, 0.1) is 17.3 Å². The lowest BCUT2D eigenvalue weighted by Gasteiger charge is -2.39. The van der Waals surface area contributed by atoms with Gasteiger partial charge in [0.15, 0.2) is 0 Å². The van der Waals surface area contributed by atoms with Gasteiger partial charge in [-0.05, 0) is 37.0 Å². The van der Waals surface area contributed by atoms with Crippen molar-refractivity contribution in [1.29, 1.82) is 0 Å². The van der Waals surface area contributed by atoms with Gasteiger partial charge in [0.2, 0.25) is 0 Å². The van der Waals surface area contributed by atoms with E-state index in [0.717, 1.165) is 31.8 Å².